The van der Waals surface area contributed by atoms with Crippen molar-refractivity contribution in [2.24, 2.45) is 10.9 Å². The Morgan fingerprint density at radius 2 is 2.00 bits per heavy atom. The number of halogens is 2. The minimum atomic E-state index is -2.81. The maximum atomic E-state index is 12.2. The van der Waals surface area contributed by atoms with Crippen LogP contribution in [0.15, 0.2) is 29.3 Å². The molecule has 1 aromatic carbocycles. The van der Waals surface area contributed by atoms with Crippen LogP contribution in [-0.2, 0) is 6.54 Å². The maximum Gasteiger partial charge on any atom is 0.387 e. The van der Waals surface area contributed by atoms with Crippen LogP contribution < -0.4 is 15.4 Å². The first kappa shape index (κ1) is 17.2. The highest BCUT2D eigenvalue weighted by molar-refractivity contribution is 5.79. The second-order valence-electron chi connectivity index (χ2n) is 5.13. The summed E-state index contributed by atoms with van der Waals surface area (Å²) in [4.78, 5) is 4.14. The Morgan fingerprint density at radius 3 is 2.57 bits per heavy atom. The summed E-state index contributed by atoms with van der Waals surface area (Å²) in [5.41, 5.74) is 0.841. The van der Waals surface area contributed by atoms with Gasteiger partial charge in [0.15, 0.2) is 5.96 Å². The lowest BCUT2D eigenvalue weighted by atomic mass is 10.1. The van der Waals surface area contributed by atoms with Gasteiger partial charge in [-0.3, -0.25) is 4.99 Å². The van der Waals surface area contributed by atoms with Gasteiger partial charge in [-0.15, -0.1) is 0 Å². The van der Waals surface area contributed by atoms with Crippen LogP contribution in [0, 0.1) is 5.92 Å². The molecule has 118 valence electrons. The van der Waals surface area contributed by atoms with E-state index >= 15 is 0 Å². The fourth-order valence-corrected chi connectivity index (χ4v) is 1.59. The van der Waals surface area contributed by atoms with Crippen LogP contribution in [0.3, 0.4) is 0 Å². The highest BCUT2D eigenvalue weighted by Crippen LogP contribution is 2.15. The van der Waals surface area contributed by atoms with Gasteiger partial charge in [0.05, 0.1) is 0 Å². The molecule has 0 aliphatic carbocycles. The van der Waals surface area contributed by atoms with Gasteiger partial charge in [0.1, 0.15) is 5.75 Å². The average Bonchev–Trinajstić information content (AvgIpc) is 2.42. The molecule has 1 aromatic rings. The van der Waals surface area contributed by atoms with Crippen LogP contribution in [0.25, 0.3) is 0 Å². The van der Waals surface area contributed by atoms with E-state index < -0.39 is 6.61 Å². The van der Waals surface area contributed by atoms with Crippen LogP contribution >= 0.6 is 0 Å². The smallest absolute Gasteiger partial charge is 0.387 e. The first-order valence-electron chi connectivity index (χ1n) is 6.93. The van der Waals surface area contributed by atoms with Crippen LogP contribution in [0.4, 0.5) is 8.78 Å². The standard InChI is InChI=1S/C15H23F2N3O/c1-10(2)11(3)20-15(18-4)19-9-12-6-5-7-13(8-12)21-14(16)17/h5-8,10-11,14H,9H2,1-4H3,(H2,18,19,20). The van der Waals surface area contributed by atoms with Gasteiger partial charge in [-0.25, -0.2) is 0 Å². The van der Waals surface area contributed by atoms with E-state index in [4.69, 9.17) is 0 Å². The molecule has 0 fully saturated rings. The lowest BCUT2D eigenvalue weighted by molar-refractivity contribution is -0.0498. The van der Waals surface area contributed by atoms with E-state index in [0.717, 1.165) is 5.56 Å². The van der Waals surface area contributed by atoms with E-state index in [1.165, 1.54) is 6.07 Å². The summed E-state index contributed by atoms with van der Waals surface area (Å²) in [6.45, 7) is 3.99. The molecule has 0 heterocycles. The molecule has 0 aliphatic heterocycles. The SMILES string of the molecule is CN=C(NCc1cccc(OC(F)F)c1)NC(C)C(C)C. The molecule has 1 unspecified atom stereocenters. The Morgan fingerprint density at radius 1 is 1.29 bits per heavy atom. The normalized spacial score (nSPS) is 13.4. The molecule has 0 amide bonds. The molecule has 4 nitrogen and oxygen atoms in total. The predicted octanol–water partition coefficient (Wildman–Crippen LogP) is 3.00. The van der Waals surface area contributed by atoms with Crippen molar-refractivity contribution >= 4 is 5.96 Å². The van der Waals surface area contributed by atoms with Gasteiger partial charge >= 0.3 is 6.61 Å². The number of alkyl halides is 2. The van der Waals surface area contributed by atoms with E-state index in [2.05, 4.69) is 41.1 Å². The molecule has 0 bridgehead atoms. The van der Waals surface area contributed by atoms with E-state index in [1.807, 2.05) is 6.07 Å². The molecule has 0 spiro atoms. The number of benzene rings is 1. The van der Waals surface area contributed by atoms with Crippen LogP contribution in [-0.4, -0.2) is 25.7 Å². The van der Waals surface area contributed by atoms with Gasteiger partial charge in [-0.05, 0) is 30.5 Å². The van der Waals surface area contributed by atoms with E-state index in [-0.39, 0.29) is 11.8 Å². The summed E-state index contributed by atoms with van der Waals surface area (Å²) < 4.78 is 28.7. The van der Waals surface area contributed by atoms with Crippen molar-refractivity contribution in [2.75, 3.05) is 7.05 Å². The fraction of sp³-hybridized carbons (Fsp3) is 0.533. The van der Waals surface area contributed by atoms with Gasteiger partial charge in [0.25, 0.3) is 0 Å². The Bertz CT molecular complexity index is 464. The monoisotopic (exact) mass is 299 g/mol. The van der Waals surface area contributed by atoms with Crippen molar-refractivity contribution in [2.45, 2.75) is 40.0 Å². The molecular weight excluding hydrogens is 276 g/mol. The van der Waals surface area contributed by atoms with Crippen LogP contribution in [0.1, 0.15) is 26.3 Å². The third-order valence-electron chi connectivity index (χ3n) is 3.17. The Kier molecular flexibility index (Phi) is 6.91. The number of hydrogen-bond donors (Lipinski definition) is 2. The Balaban J connectivity index is 2.57. The first-order valence-corrected chi connectivity index (χ1v) is 6.93. The topological polar surface area (TPSA) is 45.7 Å². The molecule has 1 atom stereocenters. The zero-order valence-corrected chi connectivity index (χ0v) is 12.9. The summed E-state index contributed by atoms with van der Waals surface area (Å²) in [7, 11) is 1.69. The number of aliphatic imine (C=N–C) groups is 1. The highest BCUT2D eigenvalue weighted by atomic mass is 19.3. The zero-order chi connectivity index (χ0) is 15.8. The average molecular weight is 299 g/mol. The summed E-state index contributed by atoms with van der Waals surface area (Å²) >= 11 is 0. The zero-order valence-electron chi connectivity index (χ0n) is 12.9. The Hall–Kier alpha value is -1.85. The van der Waals surface area contributed by atoms with E-state index in [0.29, 0.717) is 18.4 Å². The molecule has 0 radical (unpaired) electrons. The van der Waals surface area contributed by atoms with Gasteiger partial charge in [0, 0.05) is 19.6 Å². The number of nitrogens with zero attached hydrogens (tertiary/aromatic N) is 1. The van der Waals surface area contributed by atoms with Crippen molar-refractivity contribution in [1.29, 1.82) is 0 Å². The van der Waals surface area contributed by atoms with Crippen molar-refractivity contribution in [3.8, 4) is 5.75 Å². The fourth-order valence-electron chi connectivity index (χ4n) is 1.59. The predicted molar refractivity (Wildman–Crippen MR) is 80.7 cm³/mol. The number of ether oxygens (including phenoxy) is 1. The molecule has 0 saturated heterocycles. The second-order valence-corrected chi connectivity index (χ2v) is 5.13. The van der Waals surface area contributed by atoms with Gasteiger partial charge in [-0.1, -0.05) is 26.0 Å². The maximum absolute atomic E-state index is 12.2. The third-order valence-corrected chi connectivity index (χ3v) is 3.17. The molecule has 21 heavy (non-hydrogen) atoms. The minimum Gasteiger partial charge on any atom is -0.435 e. The number of guanidine groups is 1. The van der Waals surface area contributed by atoms with Crippen molar-refractivity contribution in [1.82, 2.24) is 10.6 Å². The summed E-state index contributed by atoms with van der Waals surface area (Å²) in [5.74, 6) is 1.31. The van der Waals surface area contributed by atoms with Crippen molar-refractivity contribution in [3.05, 3.63) is 29.8 Å². The van der Waals surface area contributed by atoms with E-state index in [1.54, 1.807) is 19.2 Å². The molecule has 0 aromatic heterocycles. The van der Waals surface area contributed by atoms with Crippen LogP contribution in [0.2, 0.25) is 0 Å². The quantitative estimate of drug-likeness (QED) is 0.627. The van der Waals surface area contributed by atoms with E-state index in [9.17, 15) is 8.78 Å². The lowest BCUT2D eigenvalue weighted by Crippen LogP contribution is -2.43. The summed E-state index contributed by atoms with van der Waals surface area (Å²) in [6, 6.07) is 6.89. The number of rotatable bonds is 6. The second kappa shape index (κ2) is 8.44. The number of nitrogens with one attached hydrogen (secondary N) is 2. The Labute approximate surface area is 124 Å². The molecule has 1 rings (SSSR count). The highest BCUT2D eigenvalue weighted by Gasteiger charge is 2.09. The molecule has 2 N–H and O–H groups in total. The first-order chi connectivity index (χ1) is 9.92. The largest absolute Gasteiger partial charge is 0.435 e. The van der Waals surface area contributed by atoms with Crippen LogP contribution in [0.5, 0.6) is 5.75 Å². The lowest BCUT2D eigenvalue weighted by Gasteiger charge is -2.20. The van der Waals surface area contributed by atoms with Gasteiger partial charge < -0.3 is 15.4 Å². The summed E-state index contributed by atoms with van der Waals surface area (Å²) in [5, 5.41) is 6.42. The van der Waals surface area contributed by atoms with Crippen molar-refractivity contribution < 1.29 is 13.5 Å². The van der Waals surface area contributed by atoms with Gasteiger partial charge in [0.2, 0.25) is 0 Å². The summed E-state index contributed by atoms with van der Waals surface area (Å²) in [6.07, 6.45) is 0. The number of hydrogen-bond acceptors (Lipinski definition) is 2. The minimum absolute atomic E-state index is 0.155. The molecular formula is C15H23F2N3O. The van der Waals surface area contributed by atoms with Gasteiger partial charge in [-0.2, -0.15) is 8.78 Å². The third kappa shape index (κ3) is 6.42. The molecule has 6 heteroatoms. The molecule has 0 aliphatic rings. The van der Waals surface area contributed by atoms with Crippen molar-refractivity contribution in [3.63, 3.8) is 0 Å². The molecule has 0 saturated carbocycles.